The molecule has 0 saturated carbocycles. The van der Waals surface area contributed by atoms with E-state index in [0.717, 1.165) is 17.5 Å². The molecule has 0 radical (unpaired) electrons. The number of benzene rings is 2. The fraction of sp³-hybridized carbons (Fsp3) is 0.455. The predicted octanol–water partition coefficient (Wildman–Crippen LogP) is 5.03. The number of nitrogens with zero attached hydrogens (tertiary/aromatic N) is 3. The molecule has 6 heteroatoms. The maximum Gasteiger partial charge on any atom is 0.111 e. The van der Waals surface area contributed by atoms with E-state index in [4.69, 9.17) is 19.7 Å². The lowest BCUT2D eigenvalue weighted by molar-refractivity contribution is -0.212. The molecule has 2 aromatic rings. The van der Waals surface area contributed by atoms with Crippen LogP contribution in [0.2, 0.25) is 0 Å². The van der Waals surface area contributed by atoms with E-state index in [0.29, 0.717) is 13.2 Å². The summed E-state index contributed by atoms with van der Waals surface area (Å²) >= 11 is 0. The Kier molecular flexibility index (Phi) is 7.46. The molecule has 1 aliphatic rings. The third kappa shape index (κ3) is 5.12. The van der Waals surface area contributed by atoms with Crippen LogP contribution in [0.3, 0.4) is 0 Å². The van der Waals surface area contributed by atoms with Crippen molar-refractivity contribution in [1.29, 1.82) is 0 Å². The van der Waals surface area contributed by atoms with Crippen molar-refractivity contribution in [1.82, 2.24) is 0 Å². The fourth-order valence-electron chi connectivity index (χ4n) is 3.58. The van der Waals surface area contributed by atoms with E-state index in [-0.39, 0.29) is 24.4 Å². The van der Waals surface area contributed by atoms with E-state index in [9.17, 15) is 0 Å². The van der Waals surface area contributed by atoms with Gasteiger partial charge in [-0.25, -0.2) is 0 Å². The molecule has 0 aliphatic carbocycles. The maximum absolute atomic E-state index is 9.06. The molecule has 2 aromatic carbocycles. The summed E-state index contributed by atoms with van der Waals surface area (Å²) in [7, 11) is 0. The van der Waals surface area contributed by atoms with Gasteiger partial charge in [0.15, 0.2) is 0 Å². The first-order chi connectivity index (χ1) is 13.7. The van der Waals surface area contributed by atoms with Gasteiger partial charge in [0.1, 0.15) is 6.10 Å². The maximum atomic E-state index is 9.06. The standard InChI is InChI=1S/C22H27N3O3/c1-3-19-21(26-14-17-10-6-4-7-11-17)22(20(24-25-23)16(2)28-19)27-15-18-12-8-5-9-13-18/h4-13,16,19-22H,3,14-15H2,1-2H3/t16-,19?,20?,21-,22+/m1/s1. The Morgan fingerprint density at radius 3 is 1.96 bits per heavy atom. The summed E-state index contributed by atoms with van der Waals surface area (Å²) < 4.78 is 18.6. The van der Waals surface area contributed by atoms with Crippen LogP contribution in [0.5, 0.6) is 0 Å². The van der Waals surface area contributed by atoms with Crippen LogP contribution < -0.4 is 0 Å². The first-order valence-corrected chi connectivity index (χ1v) is 9.73. The summed E-state index contributed by atoms with van der Waals surface area (Å²) in [6.45, 7) is 4.87. The molecule has 1 aliphatic heterocycles. The minimum absolute atomic E-state index is 0.121. The lowest BCUT2D eigenvalue weighted by atomic mass is 9.92. The van der Waals surface area contributed by atoms with Crippen LogP contribution in [0.15, 0.2) is 65.8 Å². The zero-order chi connectivity index (χ0) is 19.8. The summed E-state index contributed by atoms with van der Waals surface area (Å²) in [5, 5.41) is 3.98. The largest absolute Gasteiger partial charge is 0.372 e. The van der Waals surface area contributed by atoms with Gasteiger partial charge in [-0.3, -0.25) is 0 Å². The van der Waals surface area contributed by atoms with Crippen LogP contribution in [0.25, 0.3) is 10.4 Å². The number of rotatable bonds is 8. The molecule has 1 saturated heterocycles. The summed E-state index contributed by atoms with van der Waals surface area (Å²) in [4.78, 5) is 3.03. The van der Waals surface area contributed by atoms with Gasteiger partial charge in [-0.05, 0) is 30.0 Å². The molecule has 0 spiro atoms. The number of hydrogen-bond donors (Lipinski definition) is 0. The third-order valence-corrected chi connectivity index (χ3v) is 5.06. The molecule has 3 rings (SSSR count). The van der Waals surface area contributed by atoms with Gasteiger partial charge in [0.05, 0.1) is 37.6 Å². The van der Waals surface area contributed by atoms with Gasteiger partial charge in [0, 0.05) is 4.91 Å². The summed E-state index contributed by atoms with van der Waals surface area (Å²) in [6.07, 6.45) is -0.269. The van der Waals surface area contributed by atoms with Crippen LogP contribution in [-0.2, 0) is 27.4 Å². The van der Waals surface area contributed by atoms with E-state index >= 15 is 0 Å². The quantitative estimate of drug-likeness (QED) is 0.365. The lowest BCUT2D eigenvalue weighted by Gasteiger charge is -2.44. The Hall–Kier alpha value is -2.37. The second kappa shape index (κ2) is 10.2. The Balaban J connectivity index is 1.79. The first-order valence-electron chi connectivity index (χ1n) is 9.73. The van der Waals surface area contributed by atoms with E-state index < -0.39 is 6.04 Å². The average Bonchev–Trinajstić information content (AvgIpc) is 2.74. The fourth-order valence-corrected chi connectivity index (χ4v) is 3.58. The first kappa shape index (κ1) is 20.4. The van der Waals surface area contributed by atoms with E-state index in [1.165, 1.54) is 0 Å². The zero-order valence-corrected chi connectivity index (χ0v) is 16.3. The highest BCUT2D eigenvalue weighted by Gasteiger charge is 2.44. The highest BCUT2D eigenvalue weighted by Crippen LogP contribution is 2.31. The third-order valence-electron chi connectivity index (χ3n) is 5.06. The highest BCUT2D eigenvalue weighted by molar-refractivity contribution is 5.14. The molecule has 5 atom stereocenters. The SMILES string of the molecule is CCC1O[C@H](C)C(N=[N+]=[N-])[C@H](OCc2ccccc2)[C@@H]1OCc1ccccc1. The number of ether oxygens (including phenoxy) is 3. The second-order valence-electron chi connectivity index (χ2n) is 7.01. The van der Waals surface area contributed by atoms with Crippen molar-refractivity contribution in [3.05, 3.63) is 82.2 Å². The van der Waals surface area contributed by atoms with Crippen molar-refractivity contribution in [2.75, 3.05) is 0 Å². The monoisotopic (exact) mass is 381 g/mol. The molecule has 148 valence electrons. The van der Waals surface area contributed by atoms with Crippen molar-refractivity contribution in [3.63, 3.8) is 0 Å². The Bertz CT molecular complexity index is 765. The van der Waals surface area contributed by atoms with Gasteiger partial charge < -0.3 is 14.2 Å². The number of azide groups is 1. The molecular weight excluding hydrogens is 354 g/mol. The Morgan fingerprint density at radius 1 is 0.929 bits per heavy atom. The highest BCUT2D eigenvalue weighted by atomic mass is 16.6. The molecule has 0 N–H and O–H groups in total. The van der Waals surface area contributed by atoms with Crippen LogP contribution in [0.4, 0.5) is 0 Å². The smallest absolute Gasteiger partial charge is 0.111 e. The van der Waals surface area contributed by atoms with Crippen molar-refractivity contribution in [2.45, 2.75) is 63.9 Å². The Morgan fingerprint density at radius 2 is 1.46 bits per heavy atom. The molecule has 28 heavy (non-hydrogen) atoms. The van der Waals surface area contributed by atoms with Crippen LogP contribution in [-0.4, -0.2) is 30.5 Å². The molecular formula is C22H27N3O3. The molecule has 1 heterocycles. The molecule has 0 aromatic heterocycles. The van der Waals surface area contributed by atoms with E-state index in [2.05, 4.69) is 16.9 Å². The van der Waals surface area contributed by atoms with Gasteiger partial charge >= 0.3 is 0 Å². The van der Waals surface area contributed by atoms with Gasteiger partial charge in [0.2, 0.25) is 0 Å². The minimum Gasteiger partial charge on any atom is -0.372 e. The average molecular weight is 381 g/mol. The van der Waals surface area contributed by atoms with Gasteiger partial charge in [0.25, 0.3) is 0 Å². The topological polar surface area (TPSA) is 76.5 Å². The van der Waals surface area contributed by atoms with Crippen LogP contribution >= 0.6 is 0 Å². The van der Waals surface area contributed by atoms with Crippen molar-refractivity contribution < 1.29 is 14.2 Å². The molecule has 2 unspecified atom stereocenters. The molecule has 0 bridgehead atoms. The number of hydrogen-bond acceptors (Lipinski definition) is 4. The predicted molar refractivity (Wildman–Crippen MR) is 108 cm³/mol. The summed E-state index contributed by atoms with van der Waals surface area (Å²) in [5.74, 6) is 0. The van der Waals surface area contributed by atoms with Crippen molar-refractivity contribution in [3.8, 4) is 0 Å². The van der Waals surface area contributed by atoms with Gasteiger partial charge in [-0.15, -0.1) is 0 Å². The van der Waals surface area contributed by atoms with E-state index in [1.807, 2.05) is 67.6 Å². The molecule has 0 amide bonds. The molecule has 6 nitrogen and oxygen atoms in total. The van der Waals surface area contributed by atoms with Gasteiger partial charge in [-0.1, -0.05) is 72.7 Å². The molecule has 1 fully saturated rings. The Labute approximate surface area is 166 Å². The van der Waals surface area contributed by atoms with Crippen LogP contribution in [0, 0.1) is 0 Å². The van der Waals surface area contributed by atoms with Gasteiger partial charge in [-0.2, -0.15) is 0 Å². The van der Waals surface area contributed by atoms with Crippen molar-refractivity contribution in [2.24, 2.45) is 5.11 Å². The summed E-state index contributed by atoms with van der Waals surface area (Å²) in [5.41, 5.74) is 11.2. The second-order valence-corrected chi connectivity index (χ2v) is 7.01. The van der Waals surface area contributed by atoms with E-state index in [1.54, 1.807) is 0 Å². The normalized spacial score (nSPS) is 27.1. The minimum atomic E-state index is -0.447. The van der Waals surface area contributed by atoms with Crippen LogP contribution in [0.1, 0.15) is 31.4 Å². The lowest BCUT2D eigenvalue weighted by Crippen LogP contribution is -2.57. The summed E-state index contributed by atoms with van der Waals surface area (Å²) in [6, 6.07) is 19.5. The zero-order valence-electron chi connectivity index (χ0n) is 16.3. The van der Waals surface area contributed by atoms with Crippen molar-refractivity contribution >= 4 is 0 Å².